The average Bonchev–Trinajstić information content (AvgIpc) is 2.31. The number of halogens is 1. The molecule has 0 radical (unpaired) electrons. The van der Waals surface area contributed by atoms with Gasteiger partial charge in [0, 0.05) is 5.54 Å². The Morgan fingerprint density at radius 2 is 1.78 bits per heavy atom. The molecule has 1 rings (SSSR count). The Morgan fingerprint density at radius 1 is 1.22 bits per heavy atom. The summed E-state index contributed by atoms with van der Waals surface area (Å²) < 4.78 is 13.0. The largest absolute Gasteiger partial charge is 0.308 e. The molecule has 1 unspecified atom stereocenters. The fourth-order valence-electron chi connectivity index (χ4n) is 1.98. The van der Waals surface area contributed by atoms with Crippen LogP contribution in [0.15, 0.2) is 24.3 Å². The molecule has 102 valence electrons. The fraction of sp³-hybridized carbons (Fsp3) is 0.600. The third-order valence-electron chi connectivity index (χ3n) is 3.66. The zero-order valence-electron chi connectivity index (χ0n) is 12.1. The van der Waals surface area contributed by atoms with Crippen LogP contribution in [-0.4, -0.2) is 31.1 Å². The normalized spacial score (nSPS) is 13.9. The lowest BCUT2D eigenvalue weighted by molar-refractivity contribution is 0.138. The topological polar surface area (TPSA) is 15.3 Å². The fourth-order valence-corrected chi connectivity index (χ4v) is 1.98. The summed E-state index contributed by atoms with van der Waals surface area (Å²) in [4.78, 5) is 2.20. The Balaban J connectivity index is 3.01. The van der Waals surface area contributed by atoms with Gasteiger partial charge in [-0.15, -0.1) is 0 Å². The maximum absolute atomic E-state index is 13.0. The van der Waals surface area contributed by atoms with Gasteiger partial charge in [0.15, 0.2) is 0 Å². The van der Waals surface area contributed by atoms with Crippen LogP contribution in [0.2, 0.25) is 0 Å². The molecule has 1 N–H and O–H groups in total. The second kappa shape index (κ2) is 6.30. The summed E-state index contributed by atoms with van der Waals surface area (Å²) in [5.41, 5.74) is 1.09. The van der Waals surface area contributed by atoms with Crippen molar-refractivity contribution in [3.8, 4) is 0 Å². The van der Waals surface area contributed by atoms with Gasteiger partial charge in [-0.25, -0.2) is 4.39 Å². The zero-order chi connectivity index (χ0) is 13.8. The molecule has 2 nitrogen and oxygen atoms in total. The van der Waals surface area contributed by atoms with Crippen molar-refractivity contribution in [2.24, 2.45) is 0 Å². The molecule has 0 fully saturated rings. The van der Waals surface area contributed by atoms with E-state index in [0.29, 0.717) is 0 Å². The van der Waals surface area contributed by atoms with Crippen LogP contribution in [-0.2, 0) is 0 Å². The van der Waals surface area contributed by atoms with E-state index in [1.165, 1.54) is 12.1 Å². The highest BCUT2D eigenvalue weighted by Gasteiger charge is 2.32. The molecule has 0 aliphatic heterocycles. The molecule has 0 saturated carbocycles. The highest BCUT2D eigenvalue weighted by molar-refractivity contribution is 5.23. The minimum atomic E-state index is -0.185. The standard InChI is InChI=1S/C15H25FN2/c1-6-11-17-14(15(2,3)18(4)5)12-7-9-13(16)10-8-12/h7-10,14,17H,6,11H2,1-5H3. The minimum absolute atomic E-state index is 0.0347. The van der Waals surface area contributed by atoms with Crippen LogP contribution in [0.3, 0.4) is 0 Å². The Labute approximate surface area is 110 Å². The van der Waals surface area contributed by atoms with Crippen LogP contribution < -0.4 is 5.32 Å². The van der Waals surface area contributed by atoms with E-state index < -0.39 is 0 Å². The summed E-state index contributed by atoms with van der Waals surface area (Å²) in [6, 6.07) is 6.98. The lowest BCUT2D eigenvalue weighted by atomic mass is 9.87. The lowest BCUT2D eigenvalue weighted by Gasteiger charge is -2.41. The zero-order valence-corrected chi connectivity index (χ0v) is 12.1. The smallest absolute Gasteiger partial charge is 0.123 e. The van der Waals surface area contributed by atoms with E-state index in [1.807, 2.05) is 12.1 Å². The second-order valence-electron chi connectivity index (χ2n) is 5.49. The number of hydrogen-bond donors (Lipinski definition) is 1. The van der Waals surface area contributed by atoms with Crippen molar-refractivity contribution in [1.29, 1.82) is 0 Å². The summed E-state index contributed by atoms with van der Waals surface area (Å²) in [6.45, 7) is 7.50. The van der Waals surface area contributed by atoms with Crippen molar-refractivity contribution in [1.82, 2.24) is 10.2 Å². The van der Waals surface area contributed by atoms with E-state index in [9.17, 15) is 4.39 Å². The highest BCUT2D eigenvalue weighted by Crippen LogP contribution is 2.29. The Kier molecular flexibility index (Phi) is 5.29. The van der Waals surface area contributed by atoms with Crippen molar-refractivity contribution in [3.05, 3.63) is 35.6 Å². The summed E-state index contributed by atoms with van der Waals surface area (Å²) in [6.07, 6.45) is 1.08. The van der Waals surface area contributed by atoms with Crippen molar-refractivity contribution in [2.75, 3.05) is 20.6 Å². The van der Waals surface area contributed by atoms with Crippen LogP contribution in [0, 0.1) is 5.82 Å². The molecular weight excluding hydrogens is 227 g/mol. The number of nitrogens with zero attached hydrogens (tertiary/aromatic N) is 1. The summed E-state index contributed by atoms with van der Waals surface area (Å²) in [5, 5.41) is 3.56. The molecule has 0 heterocycles. The molecular formula is C15H25FN2. The van der Waals surface area contributed by atoms with Gasteiger partial charge < -0.3 is 10.2 Å². The summed E-state index contributed by atoms with van der Waals surface area (Å²) in [7, 11) is 4.15. The van der Waals surface area contributed by atoms with E-state index in [2.05, 4.69) is 45.1 Å². The van der Waals surface area contributed by atoms with E-state index in [0.717, 1.165) is 18.5 Å². The number of hydrogen-bond acceptors (Lipinski definition) is 2. The monoisotopic (exact) mass is 252 g/mol. The SMILES string of the molecule is CCCNC(c1ccc(F)cc1)C(C)(C)N(C)C. The molecule has 1 atom stereocenters. The molecule has 0 aromatic heterocycles. The lowest BCUT2D eigenvalue weighted by Crippen LogP contribution is -2.49. The Hall–Kier alpha value is -0.930. The van der Waals surface area contributed by atoms with E-state index in [4.69, 9.17) is 0 Å². The predicted octanol–water partition coefficient (Wildman–Crippen LogP) is 3.21. The Morgan fingerprint density at radius 3 is 2.22 bits per heavy atom. The van der Waals surface area contributed by atoms with Gasteiger partial charge in [0.05, 0.1) is 6.04 Å². The third kappa shape index (κ3) is 3.53. The van der Waals surface area contributed by atoms with Crippen molar-refractivity contribution >= 4 is 0 Å². The second-order valence-corrected chi connectivity index (χ2v) is 5.49. The average molecular weight is 252 g/mol. The quantitative estimate of drug-likeness (QED) is 0.836. The molecule has 0 spiro atoms. The number of nitrogens with one attached hydrogen (secondary N) is 1. The van der Waals surface area contributed by atoms with E-state index in [1.54, 1.807) is 0 Å². The van der Waals surface area contributed by atoms with Crippen LogP contribution in [0.25, 0.3) is 0 Å². The van der Waals surface area contributed by atoms with Gasteiger partial charge in [-0.3, -0.25) is 0 Å². The van der Waals surface area contributed by atoms with Crippen molar-refractivity contribution in [3.63, 3.8) is 0 Å². The maximum Gasteiger partial charge on any atom is 0.123 e. The van der Waals surface area contributed by atoms with Crippen LogP contribution in [0.5, 0.6) is 0 Å². The molecule has 1 aromatic carbocycles. The minimum Gasteiger partial charge on any atom is -0.308 e. The third-order valence-corrected chi connectivity index (χ3v) is 3.66. The molecule has 18 heavy (non-hydrogen) atoms. The van der Waals surface area contributed by atoms with Crippen LogP contribution >= 0.6 is 0 Å². The van der Waals surface area contributed by atoms with Gasteiger partial charge in [-0.1, -0.05) is 19.1 Å². The predicted molar refractivity (Wildman–Crippen MR) is 75.2 cm³/mol. The van der Waals surface area contributed by atoms with E-state index in [-0.39, 0.29) is 17.4 Å². The molecule has 0 aliphatic carbocycles. The van der Waals surface area contributed by atoms with Crippen LogP contribution in [0.4, 0.5) is 4.39 Å². The molecule has 0 bridgehead atoms. The first-order valence-corrected chi connectivity index (χ1v) is 6.56. The van der Waals surface area contributed by atoms with E-state index >= 15 is 0 Å². The molecule has 0 aliphatic rings. The summed E-state index contributed by atoms with van der Waals surface area (Å²) >= 11 is 0. The number of benzene rings is 1. The maximum atomic E-state index is 13.0. The first-order chi connectivity index (χ1) is 8.39. The molecule has 0 amide bonds. The van der Waals surface area contributed by atoms with Gasteiger partial charge in [0.25, 0.3) is 0 Å². The van der Waals surface area contributed by atoms with Gasteiger partial charge >= 0.3 is 0 Å². The van der Waals surface area contributed by atoms with Gasteiger partial charge in [0.2, 0.25) is 0 Å². The van der Waals surface area contributed by atoms with Crippen molar-refractivity contribution in [2.45, 2.75) is 38.8 Å². The summed E-state index contributed by atoms with van der Waals surface area (Å²) in [5.74, 6) is -0.185. The number of rotatable bonds is 6. The number of likely N-dealkylation sites (N-methyl/N-ethyl adjacent to an activating group) is 1. The Bertz CT molecular complexity index is 357. The first kappa shape index (κ1) is 15.1. The van der Waals surface area contributed by atoms with Crippen molar-refractivity contribution < 1.29 is 4.39 Å². The van der Waals surface area contributed by atoms with Crippen LogP contribution in [0.1, 0.15) is 38.8 Å². The van der Waals surface area contributed by atoms with Gasteiger partial charge in [-0.2, -0.15) is 0 Å². The highest BCUT2D eigenvalue weighted by atomic mass is 19.1. The molecule has 1 aromatic rings. The van der Waals surface area contributed by atoms with Gasteiger partial charge in [0.1, 0.15) is 5.82 Å². The van der Waals surface area contributed by atoms with Gasteiger partial charge in [-0.05, 0) is 58.6 Å². The molecule has 3 heteroatoms. The first-order valence-electron chi connectivity index (χ1n) is 6.56. The molecule has 0 saturated heterocycles.